The van der Waals surface area contributed by atoms with Crippen LogP contribution in [0.5, 0.6) is 0 Å². The van der Waals surface area contributed by atoms with Gasteiger partial charge in [0.05, 0.1) is 31.7 Å². The summed E-state index contributed by atoms with van der Waals surface area (Å²) < 4.78 is 42.4. The van der Waals surface area contributed by atoms with Gasteiger partial charge in [-0.15, -0.1) is 0 Å². The molecule has 1 aliphatic heterocycles. The van der Waals surface area contributed by atoms with Gasteiger partial charge in [-0.2, -0.15) is 8.78 Å². The maximum Gasteiger partial charge on any atom is 0.376 e. The van der Waals surface area contributed by atoms with Gasteiger partial charge in [0.1, 0.15) is 6.61 Å². The van der Waals surface area contributed by atoms with Gasteiger partial charge in [0, 0.05) is 12.3 Å². The van der Waals surface area contributed by atoms with Crippen LogP contribution in [0.15, 0.2) is 0 Å². The number of hydrogen-bond acceptors (Lipinski definition) is 5. The number of carbonyl (C=O) groups is 2. The zero-order chi connectivity index (χ0) is 20.9. The Morgan fingerprint density at radius 2 is 1.66 bits per heavy atom. The molecule has 2 unspecified atom stereocenters. The third kappa shape index (κ3) is 4.17. The highest BCUT2D eigenvalue weighted by molar-refractivity contribution is 5.77. The van der Waals surface area contributed by atoms with E-state index in [0.717, 1.165) is 44.9 Å². The first-order chi connectivity index (χ1) is 13.6. The molecular formula is C22H32F2O5. The number of hydrogen-bond donors (Lipinski definition) is 0. The number of carbonyl (C=O) groups excluding carboxylic acids is 2. The van der Waals surface area contributed by atoms with Crippen LogP contribution >= 0.6 is 0 Å². The van der Waals surface area contributed by atoms with Crippen molar-refractivity contribution in [1.29, 1.82) is 0 Å². The van der Waals surface area contributed by atoms with Crippen molar-refractivity contribution >= 4 is 11.9 Å². The first-order valence-corrected chi connectivity index (χ1v) is 10.9. The number of rotatable bonds is 8. The highest BCUT2D eigenvalue weighted by Gasteiger charge is 2.59. The first-order valence-electron chi connectivity index (χ1n) is 10.9. The van der Waals surface area contributed by atoms with Crippen LogP contribution in [0.4, 0.5) is 8.78 Å². The van der Waals surface area contributed by atoms with Crippen LogP contribution in [0.2, 0.25) is 0 Å². The third-order valence-electron chi connectivity index (χ3n) is 7.80. The second kappa shape index (κ2) is 7.17. The van der Waals surface area contributed by atoms with Crippen molar-refractivity contribution in [2.45, 2.75) is 71.1 Å². The topological polar surface area (TPSA) is 61.8 Å². The lowest BCUT2D eigenvalue weighted by molar-refractivity contribution is -0.190. The second-order valence-corrected chi connectivity index (χ2v) is 10.6. The zero-order valence-corrected chi connectivity index (χ0v) is 17.4. The molecule has 0 spiro atoms. The molecule has 0 aromatic carbocycles. The number of esters is 2. The molecule has 0 aromatic rings. The molecule has 5 rings (SSSR count). The molecule has 1 saturated heterocycles. The van der Waals surface area contributed by atoms with E-state index in [9.17, 15) is 18.4 Å². The summed E-state index contributed by atoms with van der Waals surface area (Å²) in [5.41, 5.74) is -0.437. The van der Waals surface area contributed by atoms with Gasteiger partial charge in [-0.05, 0) is 62.2 Å². The van der Waals surface area contributed by atoms with Crippen molar-refractivity contribution in [2.24, 2.45) is 28.1 Å². The van der Waals surface area contributed by atoms with Gasteiger partial charge in [-0.25, -0.2) is 4.79 Å². The van der Waals surface area contributed by atoms with Crippen LogP contribution in [0, 0.1) is 28.1 Å². The molecule has 5 nitrogen and oxygen atoms in total. The van der Waals surface area contributed by atoms with Gasteiger partial charge in [-0.1, -0.05) is 6.92 Å². The highest BCUT2D eigenvalue weighted by Crippen LogP contribution is 2.66. The Kier molecular flexibility index (Phi) is 5.20. The van der Waals surface area contributed by atoms with Crippen molar-refractivity contribution in [1.82, 2.24) is 0 Å². The van der Waals surface area contributed by atoms with E-state index in [1.807, 2.05) is 0 Å². The lowest BCUT2D eigenvalue weighted by Crippen LogP contribution is -2.54. The van der Waals surface area contributed by atoms with Gasteiger partial charge in [-0.3, -0.25) is 4.79 Å². The van der Waals surface area contributed by atoms with E-state index in [0.29, 0.717) is 45.0 Å². The molecule has 0 aromatic heterocycles. The molecule has 0 amide bonds. The summed E-state index contributed by atoms with van der Waals surface area (Å²) in [4.78, 5) is 24.3. The Morgan fingerprint density at radius 1 is 1.03 bits per heavy atom. The van der Waals surface area contributed by atoms with E-state index in [1.165, 1.54) is 0 Å². The Balaban J connectivity index is 1.38. The predicted octanol–water partition coefficient (Wildman–Crippen LogP) is 4.13. The van der Waals surface area contributed by atoms with Gasteiger partial charge >= 0.3 is 17.9 Å². The smallest absolute Gasteiger partial charge is 0.376 e. The van der Waals surface area contributed by atoms with E-state index < -0.39 is 11.9 Å². The summed E-state index contributed by atoms with van der Waals surface area (Å²) in [5, 5.41) is 0. The predicted molar refractivity (Wildman–Crippen MR) is 100 cm³/mol. The van der Waals surface area contributed by atoms with Crippen molar-refractivity contribution in [3.8, 4) is 0 Å². The summed E-state index contributed by atoms with van der Waals surface area (Å²) in [5.74, 6) is -4.13. The normalized spacial score (nSPS) is 37.1. The minimum Gasteiger partial charge on any atom is -0.465 e. The Morgan fingerprint density at radius 3 is 2.17 bits per heavy atom. The van der Waals surface area contributed by atoms with Crippen molar-refractivity contribution in [3.63, 3.8) is 0 Å². The number of alkyl halides is 2. The van der Waals surface area contributed by atoms with Crippen molar-refractivity contribution in [2.75, 3.05) is 26.4 Å². The van der Waals surface area contributed by atoms with Crippen LogP contribution in [0.25, 0.3) is 0 Å². The maximum atomic E-state index is 13.2. The molecule has 164 valence electrons. The summed E-state index contributed by atoms with van der Waals surface area (Å²) in [7, 11) is 0. The molecule has 5 aliphatic rings. The van der Waals surface area contributed by atoms with Gasteiger partial charge in [0.25, 0.3) is 0 Å². The minimum atomic E-state index is -3.47. The van der Waals surface area contributed by atoms with Gasteiger partial charge in [0.15, 0.2) is 0 Å². The quantitative estimate of drug-likeness (QED) is 0.559. The van der Waals surface area contributed by atoms with Crippen LogP contribution in [-0.4, -0.2) is 44.3 Å². The van der Waals surface area contributed by atoms with Crippen LogP contribution in [0.1, 0.15) is 65.2 Å². The first kappa shape index (κ1) is 21.0. The molecule has 1 heterocycles. The molecule has 4 aliphatic carbocycles. The minimum absolute atomic E-state index is 0.0298. The molecule has 7 heteroatoms. The Bertz CT molecular complexity index is 647. The van der Waals surface area contributed by atoms with Gasteiger partial charge < -0.3 is 14.2 Å². The monoisotopic (exact) mass is 414 g/mol. The molecule has 2 atom stereocenters. The molecule has 29 heavy (non-hydrogen) atoms. The average molecular weight is 414 g/mol. The van der Waals surface area contributed by atoms with E-state index in [-0.39, 0.29) is 28.8 Å². The SMILES string of the molecule is CCC1(COC(=O)CC23CC4CC(CC(COC(=O)C(C)(F)F)(C4)C2)C3)COC1. The Hall–Kier alpha value is -1.24. The summed E-state index contributed by atoms with van der Waals surface area (Å²) in [6.45, 7) is 4.38. The van der Waals surface area contributed by atoms with Crippen molar-refractivity contribution < 1.29 is 32.6 Å². The van der Waals surface area contributed by atoms with Gasteiger partial charge in [0.2, 0.25) is 0 Å². The zero-order valence-electron chi connectivity index (χ0n) is 17.4. The molecule has 5 fully saturated rings. The summed E-state index contributed by atoms with van der Waals surface area (Å²) >= 11 is 0. The highest BCUT2D eigenvalue weighted by atomic mass is 19.3. The van der Waals surface area contributed by atoms with E-state index in [1.54, 1.807) is 0 Å². The average Bonchev–Trinajstić information content (AvgIpc) is 2.56. The number of halogens is 2. The largest absolute Gasteiger partial charge is 0.465 e. The summed E-state index contributed by atoms with van der Waals surface area (Å²) in [6, 6.07) is 0. The fourth-order valence-electron chi connectivity index (χ4n) is 6.74. The third-order valence-corrected chi connectivity index (χ3v) is 7.80. The van der Waals surface area contributed by atoms with E-state index in [2.05, 4.69) is 6.92 Å². The molecule has 4 saturated carbocycles. The Labute approximate surface area is 170 Å². The van der Waals surface area contributed by atoms with E-state index in [4.69, 9.17) is 14.2 Å². The molecule has 0 N–H and O–H groups in total. The summed E-state index contributed by atoms with van der Waals surface area (Å²) in [6.07, 6.45) is 6.96. The van der Waals surface area contributed by atoms with Crippen LogP contribution in [0.3, 0.4) is 0 Å². The lowest BCUT2D eigenvalue weighted by Gasteiger charge is -2.61. The van der Waals surface area contributed by atoms with Crippen LogP contribution < -0.4 is 0 Å². The lowest BCUT2D eigenvalue weighted by atomic mass is 9.43. The molecular weight excluding hydrogens is 382 g/mol. The molecule has 4 bridgehead atoms. The van der Waals surface area contributed by atoms with Crippen LogP contribution in [-0.2, 0) is 23.8 Å². The van der Waals surface area contributed by atoms with E-state index >= 15 is 0 Å². The second-order valence-electron chi connectivity index (χ2n) is 10.6. The van der Waals surface area contributed by atoms with Crippen molar-refractivity contribution in [3.05, 3.63) is 0 Å². The maximum absolute atomic E-state index is 13.2. The fourth-order valence-corrected chi connectivity index (χ4v) is 6.74. The fraction of sp³-hybridized carbons (Fsp3) is 0.909. The molecule has 0 radical (unpaired) electrons. The number of ether oxygens (including phenoxy) is 3. The standard InChI is InChI=1S/C22H32F2O5/c1-3-20(11-27-12-20)13-28-17(25)9-21-5-15-4-16(6-21)8-22(7-15,10-21)14-29-18(26)19(2,23)24/h15-16H,3-14H2,1-2H3.